The summed E-state index contributed by atoms with van der Waals surface area (Å²) in [4.78, 5) is 4.98. The minimum atomic E-state index is 0. The van der Waals surface area contributed by atoms with Crippen molar-refractivity contribution in [2.75, 3.05) is 26.2 Å². The number of hydrogen-bond acceptors (Lipinski definition) is 3. The van der Waals surface area contributed by atoms with Gasteiger partial charge in [0.1, 0.15) is 0 Å². The van der Waals surface area contributed by atoms with Gasteiger partial charge in [-0.3, -0.25) is 4.90 Å². The van der Waals surface area contributed by atoms with Gasteiger partial charge in [0.15, 0.2) is 0 Å². The number of rotatable bonds is 2. The average molecular weight is 288 g/mol. The van der Waals surface area contributed by atoms with Crippen LogP contribution in [0.4, 0.5) is 0 Å². The second-order valence-electron chi connectivity index (χ2n) is 6.33. The van der Waals surface area contributed by atoms with Gasteiger partial charge in [-0.05, 0) is 66.6 Å². The molecule has 0 aromatic heterocycles. The van der Waals surface area contributed by atoms with Gasteiger partial charge in [-0.1, -0.05) is 21.3 Å². The molecule has 0 aromatic rings. The molecule has 3 nitrogen and oxygen atoms in total. The Kier molecular flexibility index (Phi) is 12.8. The standard InChI is InChI=1S/C8H17N.C7H16N2.2CH4/c1-8(2)9-6-4-3-5-7-9;1-6(2)9-4-3-7(8)5-9;;/h8H,3-7H2,1-2H3;6-7H,3-5,8H2,1-2H3;2*1H4/t;7-;;/m.0../s1. The largest absolute Gasteiger partial charge is 0.326 e. The summed E-state index contributed by atoms with van der Waals surface area (Å²) in [6.07, 6.45) is 5.46. The maximum atomic E-state index is 5.72. The topological polar surface area (TPSA) is 32.5 Å². The van der Waals surface area contributed by atoms with Crippen LogP contribution >= 0.6 is 0 Å². The predicted octanol–water partition coefficient (Wildman–Crippen LogP) is 3.58. The summed E-state index contributed by atoms with van der Waals surface area (Å²) in [7, 11) is 0. The van der Waals surface area contributed by atoms with E-state index < -0.39 is 0 Å². The van der Waals surface area contributed by atoms with Gasteiger partial charge in [-0.2, -0.15) is 0 Å². The number of hydrogen-bond donors (Lipinski definition) is 1. The van der Waals surface area contributed by atoms with Gasteiger partial charge in [0.05, 0.1) is 0 Å². The van der Waals surface area contributed by atoms with Crippen LogP contribution in [0.15, 0.2) is 0 Å². The zero-order valence-electron chi connectivity index (χ0n) is 12.9. The molecule has 2 fully saturated rings. The first kappa shape index (κ1) is 22.2. The summed E-state index contributed by atoms with van der Waals surface area (Å²) >= 11 is 0. The Hall–Kier alpha value is -0.120. The molecular weight excluding hydrogens is 246 g/mol. The van der Waals surface area contributed by atoms with Crippen molar-refractivity contribution in [3.8, 4) is 0 Å². The molecule has 0 unspecified atom stereocenters. The molecule has 0 aromatic carbocycles. The fourth-order valence-corrected chi connectivity index (χ4v) is 2.72. The van der Waals surface area contributed by atoms with Crippen molar-refractivity contribution in [3.05, 3.63) is 0 Å². The van der Waals surface area contributed by atoms with E-state index in [1.54, 1.807) is 0 Å². The highest BCUT2D eigenvalue weighted by Gasteiger charge is 2.20. The fourth-order valence-electron chi connectivity index (χ4n) is 2.72. The molecule has 2 rings (SSSR count). The van der Waals surface area contributed by atoms with Crippen LogP contribution in [0.25, 0.3) is 0 Å². The van der Waals surface area contributed by atoms with Crippen LogP contribution in [0.3, 0.4) is 0 Å². The molecule has 2 saturated heterocycles. The molecule has 2 aliphatic heterocycles. The zero-order valence-corrected chi connectivity index (χ0v) is 12.9. The summed E-state index contributed by atoms with van der Waals surface area (Å²) in [6, 6.07) is 1.89. The van der Waals surface area contributed by atoms with Crippen LogP contribution in [0.2, 0.25) is 0 Å². The smallest absolute Gasteiger partial charge is 0.0180 e. The Bertz CT molecular complexity index is 202. The van der Waals surface area contributed by atoms with Crippen LogP contribution in [-0.4, -0.2) is 54.1 Å². The van der Waals surface area contributed by atoms with E-state index in [9.17, 15) is 0 Å². The first-order valence-corrected chi connectivity index (χ1v) is 7.74. The number of nitrogens with zero attached hydrogens (tertiary/aromatic N) is 2. The third kappa shape index (κ3) is 8.23. The monoisotopic (exact) mass is 287 g/mol. The zero-order chi connectivity index (χ0) is 13.5. The third-order valence-electron chi connectivity index (χ3n) is 4.11. The second kappa shape index (κ2) is 11.5. The summed E-state index contributed by atoms with van der Waals surface area (Å²) in [5.74, 6) is 0. The van der Waals surface area contributed by atoms with Gasteiger partial charge in [0, 0.05) is 24.7 Å². The Morgan fingerprint density at radius 1 is 0.800 bits per heavy atom. The Morgan fingerprint density at radius 2 is 1.30 bits per heavy atom. The van der Waals surface area contributed by atoms with Crippen LogP contribution < -0.4 is 5.73 Å². The Morgan fingerprint density at radius 3 is 1.55 bits per heavy atom. The lowest BCUT2D eigenvalue weighted by Crippen LogP contribution is -2.35. The Labute approximate surface area is 128 Å². The van der Waals surface area contributed by atoms with Crippen LogP contribution in [-0.2, 0) is 0 Å². The van der Waals surface area contributed by atoms with Gasteiger partial charge in [0.2, 0.25) is 0 Å². The molecule has 0 aliphatic carbocycles. The molecule has 0 amide bonds. The molecule has 0 bridgehead atoms. The van der Waals surface area contributed by atoms with E-state index >= 15 is 0 Å². The first-order valence-electron chi connectivity index (χ1n) is 7.74. The van der Waals surface area contributed by atoms with E-state index in [0.29, 0.717) is 12.1 Å². The van der Waals surface area contributed by atoms with Gasteiger partial charge in [-0.15, -0.1) is 0 Å². The molecular formula is C17H41N3. The predicted molar refractivity (Wildman–Crippen MR) is 93.3 cm³/mol. The highest BCUT2D eigenvalue weighted by atomic mass is 15.2. The summed E-state index contributed by atoms with van der Waals surface area (Å²) < 4.78 is 0. The fraction of sp³-hybridized carbons (Fsp3) is 1.00. The minimum Gasteiger partial charge on any atom is -0.326 e. The maximum absolute atomic E-state index is 5.72. The third-order valence-corrected chi connectivity index (χ3v) is 4.11. The van der Waals surface area contributed by atoms with E-state index in [0.717, 1.165) is 12.6 Å². The van der Waals surface area contributed by atoms with E-state index in [1.165, 1.54) is 45.3 Å². The lowest BCUT2D eigenvalue weighted by atomic mass is 10.1. The van der Waals surface area contributed by atoms with Crippen molar-refractivity contribution in [1.82, 2.24) is 9.80 Å². The van der Waals surface area contributed by atoms with Crippen molar-refractivity contribution in [2.24, 2.45) is 5.73 Å². The highest BCUT2D eigenvalue weighted by molar-refractivity contribution is 4.79. The minimum absolute atomic E-state index is 0. The SMILES string of the molecule is C.C.CC(C)N1CCCCC1.CC(C)N1CC[C@H](N)C1. The Balaban J connectivity index is 0. The maximum Gasteiger partial charge on any atom is 0.0180 e. The molecule has 124 valence electrons. The number of likely N-dealkylation sites (tertiary alicyclic amines) is 2. The van der Waals surface area contributed by atoms with Crippen molar-refractivity contribution >= 4 is 0 Å². The average Bonchev–Trinajstić information content (AvgIpc) is 2.78. The molecule has 1 atom stereocenters. The van der Waals surface area contributed by atoms with Crippen LogP contribution in [0.1, 0.15) is 68.2 Å². The van der Waals surface area contributed by atoms with E-state index in [-0.39, 0.29) is 14.9 Å². The van der Waals surface area contributed by atoms with E-state index in [2.05, 4.69) is 37.5 Å². The van der Waals surface area contributed by atoms with Crippen molar-refractivity contribution < 1.29 is 0 Å². The molecule has 0 radical (unpaired) electrons. The van der Waals surface area contributed by atoms with Crippen LogP contribution in [0, 0.1) is 0 Å². The summed E-state index contributed by atoms with van der Waals surface area (Å²) in [5.41, 5.74) is 5.72. The van der Waals surface area contributed by atoms with Gasteiger partial charge in [-0.25, -0.2) is 0 Å². The lowest BCUT2D eigenvalue weighted by molar-refractivity contribution is 0.185. The molecule has 3 heteroatoms. The lowest BCUT2D eigenvalue weighted by Gasteiger charge is -2.29. The van der Waals surface area contributed by atoms with Gasteiger partial charge in [0.25, 0.3) is 0 Å². The van der Waals surface area contributed by atoms with Crippen molar-refractivity contribution in [1.29, 1.82) is 0 Å². The number of nitrogens with two attached hydrogens (primary N) is 1. The van der Waals surface area contributed by atoms with Gasteiger partial charge >= 0.3 is 0 Å². The summed E-state index contributed by atoms with van der Waals surface area (Å²) in [5, 5.41) is 0. The first-order chi connectivity index (χ1) is 8.50. The van der Waals surface area contributed by atoms with Gasteiger partial charge < -0.3 is 10.6 Å². The van der Waals surface area contributed by atoms with Crippen molar-refractivity contribution in [3.63, 3.8) is 0 Å². The molecule has 2 N–H and O–H groups in total. The molecule has 2 aliphatic rings. The van der Waals surface area contributed by atoms with E-state index in [1.807, 2.05) is 0 Å². The molecule has 0 saturated carbocycles. The quantitative estimate of drug-likeness (QED) is 0.842. The van der Waals surface area contributed by atoms with Crippen LogP contribution in [0.5, 0.6) is 0 Å². The normalized spacial score (nSPS) is 23.9. The highest BCUT2D eigenvalue weighted by Crippen LogP contribution is 2.11. The van der Waals surface area contributed by atoms with E-state index in [4.69, 9.17) is 5.73 Å². The molecule has 2 heterocycles. The molecule has 0 spiro atoms. The second-order valence-corrected chi connectivity index (χ2v) is 6.33. The van der Waals surface area contributed by atoms with Crippen molar-refractivity contribution in [2.45, 2.75) is 86.4 Å². The molecule has 20 heavy (non-hydrogen) atoms. The summed E-state index contributed by atoms with van der Waals surface area (Å²) in [6.45, 7) is 14.0. The number of piperidine rings is 1.